The van der Waals surface area contributed by atoms with E-state index >= 15 is 0 Å². The zero-order valence-electron chi connectivity index (χ0n) is 20.2. The highest BCUT2D eigenvalue weighted by molar-refractivity contribution is 7.98. The molecule has 2 amide bonds. The van der Waals surface area contributed by atoms with Gasteiger partial charge in [-0.25, -0.2) is 9.18 Å². The Labute approximate surface area is 208 Å². The van der Waals surface area contributed by atoms with Crippen LogP contribution in [0.1, 0.15) is 44.7 Å². The van der Waals surface area contributed by atoms with Crippen molar-refractivity contribution < 1.29 is 18.4 Å². The Morgan fingerprint density at radius 3 is 2.54 bits per heavy atom. The summed E-state index contributed by atoms with van der Waals surface area (Å²) < 4.78 is 24.7. The molecule has 0 bridgehead atoms. The SMILES string of the molecule is CSc1ccc(C2NC(=O)N(CCCOC(C)C)C(C)=C2c2nc(-c3ccc(F)cc3)no2)cc1. The quantitative estimate of drug-likeness (QED) is 0.293. The third-order valence-corrected chi connectivity index (χ3v) is 6.53. The molecule has 0 saturated carbocycles. The number of benzene rings is 2. The molecule has 1 atom stereocenters. The van der Waals surface area contributed by atoms with Crippen molar-refractivity contribution in [2.75, 3.05) is 19.4 Å². The molecule has 1 N–H and O–H groups in total. The number of nitrogens with zero attached hydrogens (tertiary/aromatic N) is 3. The number of nitrogens with one attached hydrogen (secondary N) is 1. The summed E-state index contributed by atoms with van der Waals surface area (Å²) in [5.74, 6) is 0.326. The lowest BCUT2D eigenvalue weighted by atomic mass is 9.94. The Kier molecular flexibility index (Phi) is 7.87. The number of carbonyl (C=O) groups excluding carboxylic acids is 1. The number of amides is 2. The van der Waals surface area contributed by atoms with E-state index in [1.165, 1.54) is 12.1 Å². The molecule has 0 spiro atoms. The molecule has 1 unspecified atom stereocenters. The third kappa shape index (κ3) is 5.74. The standard InChI is InChI=1S/C26H29FN4O3S/c1-16(2)33-15-5-14-31-17(3)22(23(28-26(31)32)18-8-12-21(35-4)13-9-18)25-29-24(30-34-25)19-6-10-20(27)11-7-19/h6-13,16,23H,5,14-15H2,1-4H3,(H,28,32). The highest BCUT2D eigenvalue weighted by Gasteiger charge is 2.35. The van der Waals surface area contributed by atoms with E-state index in [1.54, 1.807) is 28.8 Å². The van der Waals surface area contributed by atoms with Crippen molar-refractivity contribution in [1.29, 1.82) is 0 Å². The minimum Gasteiger partial charge on any atom is -0.379 e. The molecule has 35 heavy (non-hydrogen) atoms. The van der Waals surface area contributed by atoms with Crippen molar-refractivity contribution in [3.63, 3.8) is 0 Å². The Morgan fingerprint density at radius 1 is 1.17 bits per heavy atom. The average molecular weight is 497 g/mol. The predicted octanol–water partition coefficient (Wildman–Crippen LogP) is 5.91. The molecule has 4 rings (SSSR count). The molecule has 0 saturated heterocycles. The van der Waals surface area contributed by atoms with Gasteiger partial charge in [-0.1, -0.05) is 17.3 Å². The van der Waals surface area contributed by atoms with Crippen LogP contribution in [-0.4, -0.2) is 46.6 Å². The molecule has 1 aliphatic heterocycles. The van der Waals surface area contributed by atoms with Crippen LogP contribution in [0.15, 0.2) is 63.6 Å². The van der Waals surface area contributed by atoms with Crippen LogP contribution in [0.2, 0.25) is 0 Å². The molecule has 184 valence electrons. The molecule has 0 radical (unpaired) electrons. The van der Waals surface area contributed by atoms with Gasteiger partial charge in [-0.15, -0.1) is 11.8 Å². The van der Waals surface area contributed by atoms with Gasteiger partial charge in [0, 0.05) is 29.3 Å². The largest absolute Gasteiger partial charge is 0.379 e. The van der Waals surface area contributed by atoms with E-state index in [1.807, 2.05) is 51.3 Å². The molecule has 7 nitrogen and oxygen atoms in total. The molecular formula is C26H29FN4O3S. The van der Waals surface area contributed by atoms with Gasteiger partial charge in [-0.2, -0.15) is 4.98 Å². The molecule has 0 aliphatic carbocycles. The fourth-order valence-electron chi connectivity index (χ4n) is 3.96. The molecule has 3 aromatic rings. The van der Waals surface area contributed by atoms with Gasteiger partial charge in [0.2, 0.25) is 5.82 Å². The van der Waals surface area contributed by atoms with E-state index in [0.29, 0.717) is 36.9 Å². The summed E-state index contributed by atoms with van der Waals surface area (Å²) in [6, 6.07) is 13.3. The van der Waals surface area contributed by atoms with Crippen molar-refractivity contribution in [2.45, 2.75) is 44.2 Å². The number of allylic oxidation sites excluding steroid dienone is 1. The second-order valence-electron chi connectivity index (χ2n) is 8.51. The number of urea groups is 1. The van der Waals surface area contributed by atoms with Crippen molar-refractivity contribution in [1.82, 2.24) is 20.4 Å². The van der Waals surface area contributed by atoms with Crippen LogP contribution < -0.4 is 5.32 Å². The zero-order chi connectivity index (χ0) is 24.9. The molecule has 2 heterocycles. The number of halogens is 1. The number of thioether (sulfide) groups is 1. The van der Waals surface area contributed by atoms with Crippen LogP contribution in [0.4, 0.5) is 9.18 Å². The average Bonchev–Trinajstić information content (AvgIpc) is 3.33. The first-order chi connectivity index (χ1) is 16.9. The Morgan fingerprint density at radius 2 is 1.89 bits per heavy atom. The van der Waals surface area contributed by atoms with E-state index in [0.717, 1.165) is 21.7 Å². The van der Waals surface area contributed by atoms with E-state index in [9.17, 15) is 9.18 Å². The summed E-state index contributed by atoms with van der Waals surface area (Å²) in [6.07, 6.45) is 2.84. The molecule has 1 aliphatic rings. The van der Waals surface area contributed by atoms with Crippen LogP contribution in [0, 0.1) is 5.82 Å². The van der Waals surface area contributed by atoms with Crippen LogP contribution in [-0.2, 0) is 4.74 Å². The minimum atomic E-state index is -0.455. The van der Waals surface area contributed by atoms with Gasteiger partial charge in [-0.3, -0.25) is 4.90 Å². The summed E-state index contributed by atoms with van der Waals surface area (Å²) in [4.78, 5) is 20.5. The van der Waals surface area contributed by atoms with Crippen molar-refractivity contribution in [3.05, 3.63) is 71.5 Å². The topological polar surface area (TPSA) is 80.5 Å². The van der Waals surface area contributed by atoms with E-state index in [-0.39, 0.29) is 18.0 Å². The summed E-state index contributed by atoms with van der Waals surface area (Å²) in [5.41, 5.74) is 3.02. The Balaban J connectivity index is 1.70. The minimum absolute atomic E-state index is 0.134. The van der Waals surface area contributed by atoms with Gasteiger partial charge in [0.25, 0.3) is 5.89 Å². The van der Waals surface area contributed by atoms with Gasteiger partial charge >= 0.3 is 6.03 Å². The lowest BCUT2D eigenvalue weighted by Gasteiger charge is -2.35. The Hall–Kier alpha value is -3.17. The summed E-state index contributed by atoms with van der Waals surface area (Å²) in [7, 11) is 0. The second kappa shape index (κ2) is 11.0. The summed E-state index contributed by atoms with van der Waals surface area (Å²) >= 11 is 1.65. The van der Waals surface area contributed by atoms with Gasteiger partial charge in [-0.05, 0) is 75.4 Å². The normalized spacial score (nSPS) is 16.2. The number of hydrogen-bond acceptors (Lipinski definition) is 6. The molecule has 2 aromatic carbocycles. The molecule has 1 aromatic heterocycles. The number of hydrogen-bond donors (Lipinski definition) is 1. The highest BCUT2D eigenvalue weighted by atomic mass is 32.2. The lowest BCUT2D eigenvalue weighted by Crippen LogP contribution is -2.46. The first-order valence-corrected chi connectivity index (χ1v) is 12.7. The van der Waals surface area contributed by atoms with Crippen LogP contribution in [0.5, 0.6) is 0 Å². The highest BCUT2D eigenvalue weighted by Crippen LogP contribution is 2.37. The number of aromatic nitrogens is 2. The number of carbonyl (C=O) groups is 1. The third-order valence-electron chi connectivity index (χ3n) is 5.78. The van der Waals surface area contributed by atoms with E-state index in [4.69, 9.17) is 9.26 Å². The lowest BCUT2D eigenvalue weighted by molar-refractivity contribution is 0.0736. The summed E-state index contributed by atoms with van der Waals surface area (Å²) in [6.45, 7) is 6.91. The first-order valence-electron chi connectivity index (χ1n) is 11.5. The monoisotopic (exact) mass is 496 g/mol. The smallest absolute Gasteiger partial charge is 0.322 e. The first kappa shape index (κ1) is 24.9. The van der Waals surface area contributed by atoms with E-state index in [2.05, 4.69) is 15.5 Å². The van der Waals surface area contributed by atoms with E-state index < -0.39 is 6.04 Å². The Bertz CT molecular complexity index is 1190. The predicted molar refractivity (Wildman–Crippen MR) is 134 cm³/mol. The zero-order valence-corrected chi connectivity index (χ0v) is 21.1. The van der Waals surface area contributed by atoms with Crippen LogP contribution >= 0.6 is 11.8 Å². The van der Waals surface area contributed by atoms with Crippen molar-refractivity contribution >= 4 is 23.4 Å². The maximum Gasteiger partial charge on any atom is 0.322 e. The van der Waals surface area contributed by atoms with Gasteiger partial charge in [0.15, 0.2) is 0 Å². The maximum absolute atomic E-state index is 13.4. The van der Waals surface area contributed by atoms with Crippen LogP contribution in [0.25, 0.3) is 17.0 Å². The molecule has 9 heteroatoms. The fourth-order valence-corrected chi connectivity index (χ4v) is 4.37. The molecular weight excluding hydrogens is 467 g/mol. The molecule has 0 fully saturated rings. The number of rotatable bonds is 9. The van der Waals surface area contributed by atoms with Gasteiger partial charge < -0.3 is 14.6 Å². The van der Waals surface area contributed by atoms with Gasteiger partial charge in [0.1, 0.15) is 5.82 Å². The summed E-state index contributed by atoms with van der Waals surface area (Å²) in [5, 5.41) is 7.23. The maximum atomic E-state index is 13.4. The van der Waals surface area contributed by atoms with Gasteiger partial charge in [0.05, 0.1) is 17.7 Å². The number of ether oxygens (including phenoxy) is 1. The van der Waals surface area contributed by atoms with Crippen molar-refractivity contribution in [3.8, 4) is 11.4 Å². The van der Waals surface area contributed by atoms with Crippen molar-refractivity contribution in [2.24, 2.45) is 0 Å². The second-order valence-corrected chi connectivity index (χ2v) is 9.39. The van der Waals surface area contributed by atoms with Crippen LogP contribution in [0.3, 0.4) is 0 Å². The fraction of sp³-hybridized carbons (Fsp3) is 0.346.